The van der Waals surface area contributed by atoms with Gasteiger partial charge in [-0.05, 0) is 19.9 Å². The van der Waals surface area contributed by atoms with Crippen LogP contribution in [0.5, 0.6) is 0 Å². The standard InChI is InChI=1S/C11H15N5O/c1-4-13-10(17)7-16(3)11-14-8(2)5-9(6-12)15-11/h5H,4,7H2,1-3H3,(H,13,17). The van der Waals surface area contributed by atoms with Gasteiger partial charge >= 0.3 is 0 Å². The molecule has 1 heterocycles. The van der Waals surface area contributed by atoms with Crippen LogP contribution in [-0.4, -0.2) is 36.0 Å². The van der Waals surface area contributed by atoms with Crippen molar-refractivity contribution in [2.24, 2.45) is 0 Å². The fourth-order valence-electron chi connectivity index (χ4n) is 1.32. The van der Waals surface area contributed by atoms with Crippen molar-refractivity contribution >= 4 is 11.9 Å². The first-order valence-corrected chi connectivity index (χ1v) is 5.30. The number of hydrogen-bond donors (Lipinski definition) is 1. The molecule has 0 unspecified atom stereocenters. The number of nitrogens with one attached hydrogen (secondary N) is 1. The van der Waals surface area contributed by atoms with Gasteiger partial charge in [0.2, 0.25) is 11.9 Å². The number of carbonyl (C=O) groups is 1. The zero-order valence-electron chi connectivity index (χ0n) is 10.2. The van der Waals surface area contributed by atoms with Gasteiger partial charge in [0.25, 0.3) is 0 Å². The van der Waals surface area contributed by atoms with Crippen LogP contribution in [0.4, 0.5) is 5.95 Å². The molecule has 1 aromatic rings. The molecule has 0 aliphatic rings. The van der Waals surface area contributed by atoms with Crippen LogP contribution >= 0.6 is 0 Å². The predicted octanol–water partition coefficient (Wildman–Crippen LogP) is 0.229. The number of amides is 1. The first-order chi connectivity index (χ1) is 8.06. The summed E-state index contributed by atoms with van der Waals surface area (Å²) in [5.74, 6) is 0.284. The third kappa shape index (κ3) is 3.72. The lowest BCUT2D eigenvalue weighted by Crippen LogP contribution is -2.35. The molecular weight excluding hydrogens is 218 g/mol. The van der Waals surface area contributed by atoms with Gasteiger partial charge in [-0.2, -0.15) is 5.26 Å². The van der Waals surface area contributed by atoms with E-state index in [0.29, 0.717) is 23.9 Å². The summed E-state index contributed by atoms with van der Waals surface area (Å²) in [6, 6.07) is 3.56. The summed E-state index contributed by atoms with van der Waals surface area (Å²) in [6.45, 7) is 4.40. The van der Waals surface area contributed by atoms with Gasteiger partial charge < -0.3 is 10.2 Å². The second-order valence-electron chi connectivity index (χ2n) is 3.62. The number of rotatable bonds is 4. The highest BCUT2D eigenvalue weighted by Gasteiger charge is 2.10. The maximum Gasteiger partial charge on any atom is 0.239 e. The van der Waals surface area contributed by atoms with E-state index in [4.69, 9.17) is 5.26 Å². The van der Waals surface area contributed by atoms with E-state index in [1.807, 2.05) is 13.0 Å². The van der Waals surface area contributed by atoms with Crippen molar-refractivity contribution in [3.05, 3.63) is 17.5 Å². The number of carbonyl (C=O) groups excluding carboxylic acids is 1. The molecule has 0 fully saturated rings. The summed E-state index contributed by atoms with van der Waals surface area (Å²) in [7, 11) is 1.71. The minimum absolute atomic E-state index is 0.0985. The first-order valence-electron chi connectivity index (χ1n) is 5.30. The molecular formula is C11H15N5O. The number of aromatic nitrogens is 2. The summed E-state index contributed by atoms with van der Waals surface area (Å²) < 4.78 is 0. The van der Waals surface area contributed by atoms with Gasteiger partial charge in [0.15, 0.2) is 0 Å². The Kier molecular flexibility index (Phi) is 4.40. The maximum absolute atomic E-state index is 11.4. The fraction of sp³-hybridized carbons (Fsp3) is 0.455. The molecule has 0 saturated heterocycles. The average molecular weight is 233 g/mol. The Morgan fingerprint density at radius 1 is 1.59 bits per heavy atom. The van der Waals surface area contributed by atoms with E-state index in [2.05, 4.69) is 15.3 Å². The molecule has 0 aliphatic heterocycles. The summed E-state index contributed by atoms with van der Waals surface area (Å²) >= 11 is 0. The van der Waals surface area contributed by atoms with Gasteiger partial charge in [-0.25, -0.2) is 9.97 Å². The predicted molar refractivity (Wildman–Crippen MR) is 63.4 cm³/mol. The molecule has 0 atom stereocenters. The van der Waals surface area contributed by atoms with Gasteiger partial charge in [0.05, 0.1) is 6.54 Å². The van der Waals surface area contributed by atoms with Crippen molar-refractivity contribution in [1.82, 2.24) is 15.3 Å². The third-order valence-electron chi connectivity index (χ3n) is 2.05. The van der Waals surface area contributed by atoms with E-state index in [-0.39, 0.29) is 12.5 Å². The highest BCUT2D eigenvalue weighted by Crippen LogP contribution is 2.07. The molecule has 0 aromatic carbocycles. The first kappa shape index (κ1) is 12.9. The van der Waals surface area contributed by atoms with E-state index in [0.717, 1.165) is 0 Å². The smallest absolute Gasteiger partial charge is 0.239 e. The third-order valence-corrected chi connectivity index (χ3v) is 2.05. The summed E-state index contributed by atoms with van der Waals surface area (Å²) in [6.07, 6.45) is 0. The van der Waals surface area contributed by atoms with Crippen LogP contribution in [0.25, 0.3) is 0 Å². The van der Waals surface area contributed by atoms with Crippen LogP contribution in [-0.2, 0) is 4.79 Å². The molecule has 1 amide bonds. The van der Waals surface area contributed by atoms with Crippen molar-refractivity contribution in [2.75, 3.05) is 25.0 Å². The zero-order chi connectivity index (χ0) is 12.8. The van der Waals surface area contributed by atoms with E-state index < -0.39 is 0 Å². The molecule has 0 spiro atoms. The van der Waals surface area contributed by atoms with Gasteiger partial charge in [0, 0.05) is 19.3 Å². The van der Waals surface area contributed by atoms with Crippen LogP contribution < -0.4 is 10.2 Å². The van der Waals surface area contributed by atoms with Crippen LogP contribution in [0.2, 0.25) is 0 Å². The molecule has 17 heavy (non-hydrogen) atoms. The fourth-order valence-corrected chi connectivity index (χ4v) is 1.32. The van der Waals surface area contributed by atoms with Crippen molar-refractivity contribution in [2.45, 2.75) is 13.8 Å². The Morgan fingerprint density at radius 3 is 2.88 bits per heavy atom. The number of anilines is 1. The van der Waals surface area contributed by atoms with Crippen LogP contribution in [0.3, 0.4) is 0 Å². The van der Waals surface area contributed by atoms with E-state index in [1.54, 1.807) is 24.9 Å². The normalized spacial score (nSPS) is 9.53. The molecule has 6 nitrogen and oxygen atoms in total. The number of hydrogen-bond acceptors (Lipinski definition) is 5. The highest BCUT2D eigenvalue weighted by atomic mass is 16.2. The zero-order valence-corrected chi connectivity index (χ0v) is 10.2. The minimum atomic E-state index is -0.0985. The molecule has 90 valence electrons. The van der Waals surface area contributed by atoms with Gasteiger partial charge in [-0.1, -0.05) is 0 Å². The largest absolute Gasteiger partial charge is 0.355 e. The molecule has 0 radical (unpaired) electrons. The highest BCUT2D eigenvalue weighted by molar-refractivity contribution is 5.80. The van der Waals surface area contributed by atoms with Crippen LogP contribution in [0.15, 0.2) is 6.07 Å². The summed E-state index contributed by atoms with van der Waals surface area (Å²) in [5.41, 5.74) is 1.00. The maximum atomic E-state index is 11.4. The second-order valence-corrected chi connectivity index (χ2v) is 3.62. The van der Waals surface area contributed by atoms with Gasteiger partial charge in [-0.3, -0.25) is 4.79 Å². The molecule has 1 N–H and O–H groups in total. The second kappa shape index (κ2) is 5.80. The number of aryl methyl sites for hydroxylation is 1. The summed E-state index contributed by atoms with van der Waals surface area (Å²) in [5, 5.41) is 11.5. The average Bonchev–Trinajstić information content (AvgIpc) is 2.28. The molecule has 1 rings (SSSR count). The van der Waals surface area contributed by atoms with Gasteiger partial charge in [0.1, 0.15) is 11.8 Å². The molecule has 1 aromatic heterocycles. The minimum Gasteiger partial charge on any atom is -0.355 e. The number of likely N-dealkylation sites (N-methyl/N-ethyl adjacent to an activating group) is 2. The van der Waals surface area contributed by atoms with Crippen LogP contribution in [0, 0.1) is 18.3 Å². The van der Waals surface area contributed by atoms with Crippen molar-refractivity contribution < 1.29 is 4.79 Å². The lowest BCUT2D eigenvalue weighted by molar-refractivity contribution is -0.119. The van der Waals surface area contributed by atoms with E-state index in [9.17, 15) is 4.79 Å². The van der Waals surface area contributed by atoms with E-state index >= 15 is 0 Å². The summed E-state index contributed by atoms with van der Waals surface area (Å²) in [4.78, 5) is 21.2. The molecule has 6 heteroatoms. The molecule has 0 saturated carbocycles. The molecule has 0 aliphatic carbocycles. The van der Waals surface area contributed by atoms with Gasteiger partial charge in [-0.15, -0.1) is 0 Å². The monoisotopic (exact) mass is 233 g/mol. The Hall–Kier alpha value is -2.16. The van der Waals surface area contributed by atoms with Crippen molar-refractivity contribution in [1.29, 1.82) is 5.26 Å². The molecule has 0 bridgehead atoms. The lowest BCUT2D eigenvalue weighted by Gasteiger charge is -2.16. The Labute approximate surface area is 100 Å². The van der Waals surface area contributed by atoms with Crippen LogP contribution in [0.1, 0.15) is 18.3 Å². The Bertz CT molecular complexity index is 452. The van der Waals surface area contributed by atoms with E-state index in [1.165, 1.54) is 0 Å². The Balaban J connectivity index is 2.82. The topological polar surface area (TPSA) is 81.9 Å². The number of nitrogens with zero attached hydrogens (tertiary/aromatic N) is 4. The van der Waals surface area contributed by atoms with Crippen molar-refractivity contribution in [3.8, 4) is 6.07 Å². The lowest BCUT2D eigenvalue weighted by atomic mass is 10.3. The quantitative estimate of drug-likeness (QED) is 0.805. The number of nitriles is 1. The SMILES string of the molecule is CCNC(=O)CN(C)c1nc(C)cc(C#N)n1. The Morgan fingerprint density at radius 2 is 2.29 bits per heavy atom. The van der Waals surface area contributed by atoms with Crippen molar-refractivity contribution in [3.63, 3.8) is 0 Å².